The fourth-order valence-electron chi connectivity index (χ4n) is 6.22. The maximum atomic E-state index is 13.1. The van der Waals surface area contributed by atoms with Gasteiger partial charge < -0.3 is 50.6 Å². The Morgan fingerprint density at radius 2 is 0.694 bits per heavy atom. The summed E-state index contributed by atoms with van der Waals surface area (Å²) in [5, 5.41) is -0.449. The second-order valence-corrected chi connectivity index (χ2v) is 25.2. The van der Waals surface area contributed by atoms with E-state index in [0.29, 0.717) is 24.3 Å². The van der Waals surface area contributed by atoms with Crippen molar-refractivity contribution in [3.8, 4) is 23.0 Å². The Morgan fingerprint density at radius 1 is 0.424 bits per heavy atom. The molecule has 4 aromatic rings. The first-order chi connectivity index (χ1) is 39.9. The number of benzene rings is 4. The Labute approximate surface area is 536 Å². The van der Waals surface area contributed by atoms with Gasteiger partial charge >= 0.3 is 23.8 Å². The van der Waals surface area contributed by atoms with E-state index in [1.54, 1.807) is 88.4 Å². The summed E-state index contributed by atoms with van der Waals surface area (Å²) >= 11 is 33.8. The van der Waals surface area contributed by atoms with Crippen molar-refractivity contribution in [3.05, 3.63) is 115 Å². The van der Waals surface area contributed by atoms with E-state index in [1.807, 2.05) is 13.8 Å². The highest BCUT2D eigenvalue weighted by Crippen LogP contribution is 2.56. The first-order valence-electron chi connectivity index (χ1n) is 27.2. The Bertz CT molecular complexity index is 2530. The SMILES string of the molecule is C.CC(C)OP(=O)(OC(C)C)C(=O)c1c(Cl)cccc1Cl.CCCCOP(=O)(OCCCC)C(=O)c1c(OC)cccc1OC.CCCCOP(OCCCC)OCCCC.COc1cccc(OC)c1C(=O)Cl.O=C(Cl)c1c(Cl)cccc1Cl. The zero-order valence-electron chi connectivity index (χ0n) is 50.2. The lowest BCUT2D eigenvalue weighted by Gasteiger charge is -2.22. The predicted octanol–water partition coefficient (Wildman–Crippen LogP) is 20.6. The van der Waals surface area contributed by atoms with Crippen molar-refractivity contribution >= 4 is 115 Å². The molecule has 0 saturated carbocycles. The Kier molecular flexibility index (Phi) is 47.6. The van der Waals surface area contributed by atoms with Gasteiger partial charge in [-0.15, -0.1) is 0 Å². The molecule has 0 unspecified atom stereocenters. The lowest BCUT2D eigenvalue weighted by Crippen LogP contribution is -2.15. The van der Waals surface area contributed by atoms with Crippen molar-refractivity contribution in [3.63, 3.8) is 0 Å². The van der Waals surface area contributed by atoms with Crippen molar-refractivity contribution in [2.24, 2.45) is 0 Å². The zero-order valence-corrected chi connectivity index (χ0v) is 57.5. The van der Waals surface area contributed by atoms with Crippen LogP contribution < -0.4 is 18.9 Å². The van der Waals surface area contributed by atoms with Crippen molar-refractivity contribution < 1.29 is 78.9 Å². The van der Waals surface area contributed by atoms with E-state index >= 15 is 0 Å². The summed E-state index contributed by atoms with van der Waals surface area (Å²) in [4.78, 5) is 47.1. The third-order valence-corrected chi connectivity index (χ3v) is 17.1. The highest BCUT2D eigenvalue weighted by atomic mass is 35.5. The minimum Gasteiger partial charge on any atom is -0.496 e. The third kappa shape index (κ3) is 31.9. The molecular weight excluding hydrogens is 1290 g/mol. The summed E-state index contributed by atoms with van der Waals surface area (Å²) < 4.78 is 84.3. The van der Waals surface area contributed by atoms with Gasteiger partial charge in [-0.05, 0) is 132 Å². The van der Waals surface area contributed by atoms with E-state index in [0.717, 1.165) is 71.2 Å². The van der Waals surface area contributed by atoms with Crippen LogP contribution in [0.15, 0.2) is 72.8 Å². The predicted molar refractivity (Wildman–Crippen MR) is 347 cm³/mol. The van der Waals surface area contributed by atoms with Gasteiger partial charge in [0.25, 0.3) is 21.5 Å². The fraction of sp³-hybridized carbons (Fsp3) is 0.525. The van der Waals surface area contributed by atoms with Gasteiger partial charge in [-0.3, -0.25) is 28.3 Å². The van der Waals surface area contributed by atoms with E-state index in [9.17, 15) is 28.3 Å². The Morgan fingerprint density at radius 3 is 0.965 bits per heavy atom. The summed E-state index contributed by atoms with van der Waals surface area (Å²) in [6.45, 7) is 19.7. The second-order valence-electron chi connectivity index (χ2n) is 17.9. The van der Waals surface area contributed by atoms with Gasteiger partial charge in [-0.1, -0.05) is 145 Å². The molecule has 0 aliphatic rings. The first-order valence-corrected chi connectivity index (χ1v) is 33.7. The quantitative estimate of drug-likeness (QED) is 0.0242. The van der Waals surface area contributed by atoms with Gasteiger partial charge in [0, 0.05) is 0 Å². The van der Waals surface area contributed by atoms with Crippen LogP contribution in [0, 0.1) is 0 Å². The molecular formula is C59H87Cl6O17P3. The molecule has 0 amide bonds. The van der Waals surface area contributed by atoms with E-state index in [4.69, 9.17) is 120 Å². The largest absolute Gasteiger partial charge is 0.496 e. The van der Waals surface area contributed by atoms with Gasteiger partial charge in [0.15, 0.2) is 0 Å². The molecule has 0 atom stereocenters. The molecule has 85 heavy (non-hydrogen) atoms. The summed E-state index contributed by atoms with van der Waals surface area (Å²) in [5.74, 6) is 1.38. The van der Waals surface area contributed by atoms with Gasteiger partial charge in [-0.2, -0.15) is 0 Å². The van der Waals surface area contributed by atoms with Gasteiger partial charge in [0.05, 0.1) is 105 Å². The molecule has 0 saturated heterocycles. The van der Waals surface area contributed by atoms with Crippen LogP contribution in [0.4, 0.5) is 0 Å². The number of carbonyl (C=O) groups is 4. The molecule has 0 fully saturated rings. The van der Waals surface area contributed by atoms with Crippen LogP contribution in [-0.2, 0) is 40.8 Å². The van der Waals surface area contributed by atoms with Crippen LogP contribution in [-0.4, -0.2) is 95.2 Å². The molecule has 0 N–H and O–H groups in total. The van der Waals surface area contributed by atoms with Crippen LogP contribution in [0.3, 0.4) is 0 Å². The van der Waals surface area contributed by atoms with Crippen LogP contribution >= 0.6 is 93.4 Å². The first kappa shape index (κ1) is 84.2. The summed E-state index contributed by atoms with van der Waals surface area (Å²) in [6.07, 6.45) is 8.90. The average molecular weight is 1370 g/mol. The van der Waals surface area contributed by atoms with E-state index < -0.39 is 57.5 Å². The van der Waals surface area contributed by atoms with Crippen LogP contribution in [0.25, 0.3) is 0 Å². The number of carbonyl (C=O) groups excluding carboxylic acids is 4. The average Bonchev–Trinajstić information content (AvgIpc) is 3.65. The number of hydrogen-bond acceptors (Lipinski definition) is 17. The minimum absolute atomic E-state index is 0. The van der Waals surface area contributed by atoms with E-state index in [2.05, 4.69) is 20.8 Å². The number of unbranched alkanes of at least 4 members (excludes halogenated alkanes) is 5. The van der Waals surface area contributed by atoms with Gasteiger partial charge in [0.1, 0.15) is 34.1 Å². The number of halogens is 6. The van der Waals surface area contributed by atoms with Crippen molar-refractivity contribution in [1.29, 1.82) is 0 Å². The highest BCUT2D eigenvalue weighted by molar-refractivity contribution is 7.73. The fourth-order valence-corrected chi connectivity index (χ4v) is 12.4. The molecule has 0 heterocycles. The zero-order chi connectivity index (χ0) is 63.8. The molecule has 17 nitrogen and oxygen atoms in total. The minimum atomic E-state index is -4.01. The molecule has 0 aliphatic heterocycles. The van der Waals surface area contributed by atoms with Crippen molar-refractivity contribution in [2.45, 2.75) is 146 Å². The maximum absolute atomic E-state index is 13.1. The second kappa shape index (κ2) is 48.0. The number of ether oxygens (including phenoxy) is 4. The molecule has 0 bridgehead atoms. The lowest BCUT2D eigenvalue weighted by molar-refractivity contribution is 0.0924. The summed E-state index contributed by atoms with van der Waals surface area (Å²) in [6, 6.07) is 19.3. The molecule has 4 aromatic carbocycles. The molecule has 0 spiro atoms. The lowest BCUT2D eigenvalue weighted by atomic mass is 10.2. The van der Waals surface area contributed by atoms with E-state index in [1.165, 1.54) is 40.6 Å². The number of methoxy groups -OCH3 is 4. The van der Waals surface area contributed by atoms with Gasteiger partial charge in [0.2, 0.25) is 0 Å². The van der Waals surface area contributed by atoms with Gasteiger partial charge in [-0.25, -0.2) is 0 Å². The normalized spacial score (nSPS) is 10.9. The molecule has 0 radical (unpaired) electrons. The summed E-state index contributed by atoms with van der Waals surface area (Å²) in [7, 11) is -3.26. The van der Waals surface area contributed by atoms with E-state index in [-0.39, 0.29) is 74.5 Å². The molecule has 4 rings (SSSR count). The van der Waals surface area contributed by atoms with Crippen molar-refractivity contribution in [2.75, 3.05) is 61.5 Å². The topological polar surface area (TPSA) is 204 Å². The molecule has 0 aromatic heterocycles. The smallest absolute Gasteiger partial charge is 0.402 e. The standard InChI is InChI=1S/C17H27O6P.C13H17Cl2O4P.C12H27O3P.C9H9ClO3.C7H3Cl3O.CH4/c1-5-7-12-22-24(19,23-13-8-6-2)17(18)16-14(20-3)10-9-11-15(16)21-4;1-8(2)18-20(17,19-9(3)4)13(16)12-10(14)6-5-7-11(12)15;1-4-7-10-13-16(14-11-8-5-2)15-12-9-6-3;1-12-6-4-3-5-7(13-2)8(6)9(10)11;8-4-2-1-3-5(9)6(4)7(10)11;/h9-11H,5-8,12-13H2,1-4H3;5-9H,1-4H3;4-12H2,1-3H3;3-5H,1-2H3;1-3H;1H4. The number of hydrogen-bond donors (Lipinski definition) is 0. The molecule has 26 heteroatoms. The van der Waals surface area contributed by atoms with Crippen LogP contribution in [0.1, 0.15) is 175 Å². The number of rotatable bonds is 34. The summed E-state index contributed by atoms with van der Waals surface area (Å²) in [5.41, 5.74) is -1.09. The third-order valence-electron chi connectivity index (χ3n) is 10.4. The maximum Gasteiger partial charge on any atom is 0.402 e. The Hall–Kier alpha value is -2.89. The Balaban J connectivity index is 0. The monoisotopic (exact) mass is 1370 g/mol. The highest BCUT2D eigenvalue weighted by Gasteiger charge is 2.41. The van der Waals surface area contributed by atoms with Crippen LogP contribution in [0.2, 0.25) is 20.1 Å². The molecule has 0 aliphatic carbocycles. The molecule has 482 valence electrons. The van der Waals surface area contributed by atoms with Crippen LogP contribution in [0.5, 0.6) is 23.0 Å². The van der Waals surface area contributed by atoms with Crippen molar-refractivity contribution in [1.82, 2.24) is 0 Å².